The Balaban J connectivity index is 0.00000253. The Hall–Kier alpha value is -4.00. The molecule has 0 aliphatic carbocycles. The van der Waals surface area contributed by atoms with Gasteiger partial charge in [0, 0.05) is 44.0 Å². The van der Waals surface area contributed by atoms with Crippen molar-refractivity contribution >= 4 is 11.3 Å². The Morgan fingerprint density at radius 3 is 2.03 bits per heavy atom. The molecule has 1 radical (unpaired) electrons. The van der Waals surface area contributed by atoms with Crippen molar-refractivity contribution in [2.75, 3.05) is 0 Å². The van der Waals surface area contributed by atoms with Gasteiger partial charge in [0.1, 0.15) is 12.0 Å². The van der Waals surface area contributed by atoms with Crippen LogP contribution in [0.5, 0.6) is 0 Å². The second-order valence-electron chi connectivity index (χ2n) is 7.98. The van der Waals surface area contributed by atoms with E-state index in [1.807, 2.05) is 59.6 Å². The van der Waals surface area contributed by atoms with Gasteiger partial charge in [-0.3, -0.25) is 19.6 Å². The van der Waals surface area contributed by atoms with Crippen LogP contribution in [-0.4, -0.2) is 34.3 Å². The van der Waals surface area contributed by atoms with E-state index in [4.69, 9.17) is 4.98 Å². The Morgan fingerprint density at radius 2 is 1.40 bits per heavy atom. The standard InChI is InChI=1S/C27H20N7.Ir/c1-18-31-25-27(33(18)2)32-23(16-28-25)26-29-17-30-34(26)24-21(19-10-5-3-6-11-19)14-9-15-22(24)20-12-7-4-8-13-20;/h3-15,17H,1-2H3;/q-1;. The van der Waals surface area contributed by atoms with Crippen molar-refractivity contribution < 1.29 is 20.1 Å². The van der Waals surface area contributed by atoms with Crippen molar-refractivity contribution in [2.24, 2.45) is 7.05 Å². The molecule has 6 rings (SSSR count). The van der Waals surface area contributed by atoms with E-state index in [-0.39, 0.29) is 20.1 Å². The molecule has 0 amide bonds. The Morgan fingerprint density at radius 1 is 0.771 bits per heavy atom. The molecule has 3 heterocycles. The summed E-state index contributed by atoms with van der Waals surface area (Å²) < 4.78 is 3.74. The van der Waals surface area contributed by atoms with Crippen LogP contribution in [0.25, 0.3) is 50.8 Å². The predicted octanol–water partition coefficient (Wildman–Crippen LogP) is 5.05. The van der Waals surface area contributed by atoms with Gasteiger partial charge in [-0.05, 0) is 24.2 Å². The number of aryl methyl sites for hydroxylation is 2. The van der Waals surface area contributed by atoms with Crippen LogP contribution >= 0.6 is 0 Å². The second-order valence-corrected chi connectivity index (χ2v) is 7.98. The summed E-state index contributed by atoms with van der Waals surface area (Å²) in [6.07, 6.45) is 4.56. The zero-order chi connectivity index (χ0) is 23.1. The summed E-state index contributed by atoms with van der Waals surface area (Å²) in [7, 11) is 1.92. The van der Waals surface area contributed by atoms with Crippen LogP contribution < -0.4 is 0 Å². The third kappa shape index (κ3) is 3.97. The molecule has 6 aromatic rings. The molecule has 0 unspecified atom stereocenters. The van der Waals surface area contributed by atoms with Crippen molar-refractivity contribution in [3.63, 3.8) is 0 Å². The van der Waals surface area contributed by atoms with Crippen LogP contribution in [0.15, 0.2) is 85.2 Å². The van der Waals surface area contributed by atoms with E-state index in [2.05, 4.69) is 68.7 Å². The van der Waals surface area contributed by atoms with Crippen LogP contribution in [0.4, 0.5) is 0 Å². The topological polar surface area (TPSA) is 74.3 Å². The summed E-state index contributed by atoms with van der Waals surface area (Å²) in [6.45, 7) is 1.92. The van der Waals surface area contributed by atoms with Crippen molar-refractivity contribution in [3.8, 4) is 39.5 Å². The minimum atomic E-state index is 0. The number of hydrogen-bond donors (Lipinski definition) is 0. The third-order valence-corrected chi connectivity index (χ3v) is 5.93. The minimum Gasteiger partial charge on any atom is -0.363 e. The zero-order valence-corrected chi connectivity index (χ0v) is 21.4. The van der Waals surface area contributed by atoms with Crippen LogP contribution in [0.1, 0.15) is 5.82 Å². The second kappa shape index (κ2) is 9.33. The number of imidazole rings is 1. The first-order valence-electron chi connectivity index (χ1n) is 10.9. The Kier molecular flexibility index (Phi) is 6.07. The molecule has 35 heavy (non-hydrogen) atoms. The van der Waals surface area contributed by atoms with Gasteiger partial charge in [-0.2, -0.15) is 5.10 Å². The van der Waals surface area contributed by atoms with Gasteiger partial charge in [-0.15, -0.1) is 0 Å². The van der Waals surface area contributed by atoms with E-state index < -0.39 is 0 Å². The smallest absolute Gasteiger partial charge is 0.124 e. The molecule has 0 saturated heterocycles. The summed E-state index contributed by atoms with van der Waals surface area (Å²) in [5.41, 5.74) is 6.93. The number of nitrogens with zero attached hydrogens (tertiary/aromatic N) is 7. The van der Waals surface area contributed by atoms with Gasteiger partial charge in [0.25, 0.3) is 0 Å². The molecule has 8 heteroatoms. The summed E-state index contributed by atoms with van der Waals surface area (Å²) in [5, 5.41) is 4.64. The van der Waals surface area contributed by atoms with Crippen molar-refractivity contribution in [2.45, 2.75) is 6.92 Å². The maximum absolute atomic E-state index is 4.79. The number of para-hydroxylation sites is 1. The summed E-state index contributed by atoms with van der Waals surface area (Å²) in [4.78, 5) is 18.2. The number of benzene rings is 3. The molecule has 0 spiro atoms. The molecule has 0 N–H and O–H groups in total. The average Bonchev–Trinajstić information content (AvgIpc) is 3.49. The van der Waals surface area contributed by atoms with Crippen LogP contribution in [-0.2, 0) is 27.2 Å². The van der Waals surface area contributed by atoms with E-state index in [1.165, 1.54) is 0 Å². The molecule has 0 fully saturated rings. The summed E-state index contributed by atoms with van der Waals surface area (Å²) in [5.74, 6) is 1.40. The molecule has 0 aliphatic rings. The first-order chi connectivity index (χ1) is 16.7. The molecule has 3 aromatic heterocycles. The Bertz CT molecular complexity index is 1560. The van der Waals surface area contributed by atoms with Gasteiger partial charge in [-0.1, -0.05) is 78.9 Å². The number of fused-ring (bicyclic) bond motifs is 1. The SMILES string of the molecule is Cc1nc2n[c-]c(-c3ncnn3-c3c(-c4ccccc4)cccc3-c3ccccc3)nc2n1C.[Ir]. The third-order valence-electron chi connectivity index (χ3n) is 5.93. The fourth-order valence-corrected chi connectivity index (χ4v) is 4.16. The van der Waals surface area contributed by atoms with Gasteiger partial charge in [0.15, 0.2) is 0 Å². The summed E-state index contributed by atoms with van der Waals surface area (Å²) in [6, 6.07) is 26.8. The van der Waals surface area contributed by atoms with Crippen LogP contribution in [0.3, 0.4) is 0 Å². The van der Waals surface area contributed by atoms with E-state index >= 15 is 0 Å². The predicted molar refractivity (Wildman–Crippen MR) is 131 cm³/mol. The maximum Gasteiger partial charge on any atom is 0.124 e. The van der Waals surface area contributed by atoms with E-state index in [0.717, 1.165) is 33.8 Å². The van der Waals surface area contributed by atoms with Crippen LogP contribution in [0.2, 0.25) is 0 Å². The first-order valence-corrected chi connectivity index (χ1v) is 10.9. The average molecular weight is 635 g/mol. The monoisotopic (exact) mass is 635 g/mol. The quantitative estimate of drug-likeness (QED) is 0.254. The first kappa shape index (κ1) is 22.8. The normalized spacial score (nSPS) is 10.9. The molecular formula is C27H20IrN7-. The van der Waals surface area contributed by atoms with E-state index in [0.29, 0.717) is 22.8 Å². The van der Waals surface area contributed by atoms with Gasteiger partial charge < -0.3 is 9.55 Å². The molecule has 173 valence electrons. The zero-order valence-electron chi connectivity index (χ0n) is 19.0. The molecule has 7 nitrogen and oxygen atoms in total. The molecule has 0 atom stereocenters. The molecule has 3 aromatic carbocycles. The summed E-state index contributed by atoms with van der Waals surface area (Å²) >= 11 is 0. The molecule has 0 aliphatic heterocycles. The van der Waals surface area contributed by atoms with Gasteiger partial charge in [0.05, 0.1) is 23.0 Å². The van der Waals surface area contributed by atoms with Crippen molar-refractivity contribution in [1.29, 1.82) is 0 Å². The number of rotatable bonds is 4. The molecular weight excluding hydrogens is 615 g/mol. The van der Waals surface area contributed by atoms with Gasteiger partial charge in [0.2, 0.25) is 0 Å². The van der Waals surface area contributed by atoms with Crippen molar-refractivity contribution in [1.82, 2.24) is 34.3 Å². The van der Waals surface area contributed by atoms with Crippen LogP contribution in [0, 0.1) is 13.1 Å². The number of aromatic nitrogens is 7. The molecule has 0 saturated carbocycles. The van der Waals surface area contributed by atoms with Gasteiger partial charge in [-0.25, -0.2) is 0 Å². The largest absolute Gasteiger partial charge is 0.363 e. The minimum absolute atomic E-state index is 0. The number of hydrogen-bond acceptors (Lipinski definition) is 5. The maximum atomic E-state index is 4.79. The van der Waals surface area contributed by atoms with E-state index in [1.54, 1.807) is 6.33 Å². The fraction of sp³-hybridized carbons (Fsp3) is 0.0741. The Labute approximate surface area is 215 Å². The molecule has 0 bridgehead atoms. The van der Waals surface area contributed by atoms with E-state index in [9.17, 15) is 0 Å². The fourth-order valence-electron chi connectivity index (χ4n) is 4.16. The van der Waals surface area contributed by atoms with Crippen molar-refractivity contribution in [3.05, 3.63) is 97.2 Å². The van der Waals surface area contributed by atoms with Gasteiger partial charge >= 0.3 is 0 Å².